The van der Waals surface area contributed by atoms with E-state index >= 15 is 0 Å². The van der Waals surface area contributed by atoms with Gasteiger partial charge in [-0.05, 0) is 23.5 Å². The fourth-order valence-electron chi connectivity index (χ4n) is 2.18. The Morgan fingerprint density at radius 2 is 1.89 bits per heavy atom. The van der Waals surface area contributed by atoms with Gasteiger partial charge in [-0.1, -0.05) is 51.5 Å². The van der Waals surface area contributed by atoms with E-state index in [-0.39, 0.29) is 18.6 Å². The molecule has 0 heterocycles. The molecular weight excluding hydrogens is 238 g/mol. The molecule has 0 amide bonds. The maximum absolute atomic E-state index is 11.2. The summed E-state index contributed by atoms with van der Waals surface area (Å²) in [6, 6.07) is 8.83. The molecule has 0 fully saturated rings. The second kappa shape index (κ2) is 7.95. The van der Waals surface area contributed by atoms with Crippen molar-refractivity contribution in [1.82, 2.24) is 5.32 Å². The van der Waals surface area contributed by atoms with Gasteiger partial charge in [-0.3, -0.25) is 10.1 Å². The van der Waals surface area contributed by atoms with Crippen molar-refractivity contribution in [2.75, 3.05) is 13.7 Å². The van der Waals surface area contributed by atoms with E-state index in [9.17, 15) is 4.79 Å². The number of carbonyl (C=O) groups excluding carboxylic acids is 1. The number of hydrogen-bond donors (Lipinski definition) is 1. The lowest BCUT2D eigenvalue weighted by atomic mass is 9.94. The van der Waals surface area contributed by atoms with Gasteiger partial charge in [-0.2, -0.15) is 0 Å². The quantitative estimate of drug-likeness (QED) is 0.768. The van der Waals surface area contributed by atoms with Crippen LogP contribution in [0, 0.1) is 5.92 Å². The van der Waals surface area contributed by atoms with Crippen LogP contribution in [0.15, 0.2) is 24.3 Å². The number of hydrogen-bond acceptors (Lipinski definition) is 3. The summed E-state index contributed by atoms with van der Waals surface area (Å²) in [4.78, 5) is 11.2. The van der Waals surface area contributed by atoms with Crippen molar-refractivity contribution in [2.24, 2.45) is 5.92 Å². The molecule has 1 aromatic rings. The van der Waals surface area contributed by atoms with Crippen LogP contribution in [0.1, 0.15) is 44.4 Å². The summed E-state index contributed by atoms with van der Waals surface area (Å²) in [7, 11) is 1.41. The molecule has 0 aliphatic heterocycles. The van der Waals surface area contributed by atoms with Crippen molar-refractivity contribution in [3.63, 3.8) is 0 Å². The highest BCUT2D eigenvalue weighted by Gasteiger charge is 2.16. The predicted molar refractivity (Wildman–Crippen MR) is 78.0 cm³/mol. The predicted octanol–water partition coefficient (Wildman–Crippen LogP) is 3.10. The molecule has 106 valence electrons. The molecule has 0 aliphatic rings. The summed E-state index contributed by atoms with van der Waals surface area (Å²) in [5, 5.41) is 3.26. The minimum Gasteiger partial charge on any atom is -0.468 e. The van der Waals surface area contributed by atoms with Crippen LogP contribution in [0.2, 0.25) is 0 Å². The molecule has 0 bridgehead atoms. The lowest BCUT2D eigenvalue weighted by Gasteiger charge is -2.22. The van der Waals surface area contributed by atoms with Gasteiger partial charge in [-0.25, -0.2) is 0 Å². The Balaban J connectivity index is 2.72. The summed E-state index contributed by atoms with van der Waals surface area (Å²) in [5.74, 6) is 0.190. The maximum atomic E-state index is 11.2. The molecule has 0 aromatic heterocycles. The highest BCUT2D eigenvalue weighted by molar-refractivity contribution is 5.71. The monoisotopic (exact) mass is 263 g/mol. The molecule has 1 unspecified atom stereocenters. The molecule has 3 nitrogen and oxygen atoms in total. The van der Waals surface area contributed by atoms with Gasteiger partial charge in [0.15, 0.2) is 0 Å². The van der Waals surface area contributed by atoms with Crippen molar-refractivity contribution in [1.29, 1.82) is 0 Å². The Morgan fingerprint density at radius 3 is 2.37 bits per heavy atom. The van der Waals surface area contributed by atoms with Crippen molar-refractivity contribution in [2.45, 2.75) is 39.7 Å². The fourth-order valence-corrected chi connectivity index (χ4v) is 2.18. The molecule has 0 aliphatic carbocycles. The molecule has 0 saturated heterocycles. The summed E-state index contributed by atoms with van der Waals surface area (Å²) >= 11 is 0. The fraction of sp³-hybridized carbons (Fsp3) is 0.562. The van der Waals surface area contributed by atoms with Crippen LogP contribution < -0.4 is 5.32 Å². The van der Waals surface area contributed by atoms with Crippen LogP contribution in [0.3, 0.4) is 0 Å². The van der Waals surface area contributed by atoms with Crippen LogP contribution in [0.25, 0.3) is 0 Å². The average molecular weight is 263 g/mol. The topological polar surface area (TPSA) is 38.3 Å². The van der Waals surface area contributed by atoms with E-state index in [1.165, 1.54) is 18.2 Å². The third-order valence-electron chi connectivity index (χ3n) is 3.24. The number of rotatable bonds is 7. The van der Waals surface area contributed by atoms with Gasteiger partial charge in [0.05, 0.1) is 13.7 Å². The Kier molecular flexibility index (Phi) is 6.57. The maximum Gasteiger partial charge on any atom is 0.319 e. The molecule has 1 atom stereocenters. The lowest BCUT2D eigenvalue weighted by Crippen LogP contribution is -2.31. The van der Waals surface area contributed by atoms with Crippen LogP contribution in [0.5, 0.6) is 0 Å². The number of carbonyl (C=O) groups is 1. The van der Waals surface area contributed by atoms with E-state index in [1.54, 1.807) is 0 Å². The van der Waals surface area contributed by atoms with E-state index in [4.69, 9.17) is 0 Å². The van der Waals surface area contributed by atoms with Gasteiger partial charge in [-0.15, -0.1) is 0 Å². The van der Waals surface area contributed by atoms with Gasteiger partial charge >= 0.3 is 5.97 Å². The molecule has 0 saturated carbocycles. The number of aryl methyl sites for hydroxylation is 1. The van der Waals surface area contributed by atoms with Gasteiger partial charge in [0, 0.05) is 6.04 Å². The Labute approximate surface area is 116 Å². The summed E-state index contributed by atoms with van der Waals surface area (Å²) < 4.78 is 4.67. The van der Waals surface area contributed by atoms with E-state index in [0.29, 0.717) is 5.92 Å². The molecular formula is C16H25NO2. The number of esters is 1. The SMILES string of the molecule is CCCc1ccc(C(NCC(=O)OC)C(C)C)cc1. The van der Waals surface area contributed by atoms with E-state index in [1.807, 2.05) is 0 Å². The minimum absolute atomic E-state index is 0.176. The molecule has 1 rings (SSSR count). The number of ether oxygens (including phenoxy) is 1. The van der Waals surface area contributed by atoms with Crippen LogP contribution in [-0.4, -0.2) is 19.6 Å². The smallest absolute Gasteiger partial charge is 0.319 e. The van der Waals surface area contributed by atoms with Crippen molar-refractivity contribution < 1.29 is 9.53 Å². The summed E-state index contributed by atoms with van der Waals surface area (Å²) in [6.45, 7) is 6.72. The second-order valence-corrected chi connectivity index (χ2v) is 5.17. The van der Waals surface area contributed by atoms with E-state index in [0.717, 1.165) is 12.8 Å². The molecule has 1 N–H and O–H groups in total. The van der Waals surface area contributed by atoms with Gasteiger partial charge < -0.3 is 4.74 Å². The zero-order valence-electron chi connectivity index (χ0n) is 12.4. The molecule has 19 heavy (non-hydrogen) atoms. The van der Waals surface area contributed by atoms with Gasteiger partial charge in [0.1, 0.15) is 0 Å². The zero-order chi connectivity index (χ0) is 14.3. The van der Waals surface area contributed by atoms with Gasteiger partial charge in [0.25, 0.3) is 0 Å². The Bertz CT molecular complexity index is 384. The zero-order valence-corrected chi connectivity index (χ0v) is 12.4. The first-order chi connectivity index (χ1) is 9.08. The second-order valence-electron chi connectivity index (χ2n) is 5.17. The van der Waals surface area contributed by atoms with E-state index in [2.05, 4.69) is 55.1 Å². The van der Waals surface area contributed by atoms with Gasteiger partial charge in [0.2, 0.25) is 0 Å². The highest BCUT2D eigenvalue weighted by atomic mass is 16.5. The Morgan fingerprint density at radius 1 is 1.26 bits per heavy atom. The third-order valence-corrected chi connectivity index (χ3v) is 3.24. The van der Waals surface area contributed by atoms with Crippen molar-refractivity contribution >= 4 is 5.97 Å². The first-order valence-corrected chi connectivity index (χ1v) is 6.97. The number of methoxy groups -OCH3 is 1. The minimum atomic E-state index is -0.228. The number of benzene rings is 1. The average Bonchev–Trinajstić information content (AvgIpc) is 2.40. The molecule has 3 heteroatoms. The van der Waals surface area contributed by atoms with Crippen LogP contribution in [0.4, 0.5) is 0 Å². The Hall–Kier alpha value is -1.35. The highest BCUT2D eigenvalue weighted by Crippen LogP contribution is 2.22. The number of nitrogens with one attached hydrogen (secondary N) is 1. The van der Waals surface area contributed by atoms with Crippen LogP contribution in [-0.2, 0) is 16.0 Å². The normalized spacial score (nSPS) is 12.5. The standard InChI is InChI=1S/C16H25NO2/c1-5-6-13-7-9-14(10-8-13)16(12(2)3)17-11-15(18)19-4/h7-10,12,16-17H,5-6,11H2,1-4H3. The van der Waals surface area contributed by atoms with Crippen molar-refractivity contribution in [3.8, 4) is 0 Å². The van der Waals surface area contributed by atoms with Crippen LogP contribution >= 0.6 is 0 Å². The summed E-state index contributed by atoms with van der Waals surface area (Å²) in [6.07, 6.45) is 2.27. The molecule has 0 spiro atoms. The molecule has 1 aromatic carbocycles. The lowest BCUT2D eigenvalue weighted by molar-refractivity contribution is -0.139. The third kappa shape index (κ3) is 5.03. The summed E-state index contributed by atoms with van der Waals surface area (Å²) in [5.41, 5.74) is 2.58. The first-order valence-electron chi connectivity index (χ1n) is 6.97. The van der Waals surface area contributed by atoms with E-state index < -0.39 is 0 Å². The largest absolute Gasteiger partial charge is 0.468 e. The van der Waals surface area contributed by atoms with Crippen molar-refractivity contribution in [3.05, 3.63) is 35.4 Å². The molecule has 0 radical (unpaired) electrons. The first kappa shape index (κ1) is 15.7.